The maximum Gasteiger partial charge on any atom is 0.261 e. The van der Waals surface area contributed by atoms with E-state index in [1.807, 2.05) is 44.2 Å². The molecule has 202 valence electrons. The number of halogens is 2. The maximum absolute atomic E-state index is 13.7. The van der Waals surface area contributed by atoms with Crippen molar-refractivity contribution in [1.29, 1.82) is 0 Å². The number of nitrogens with one attached hydrogen (secondary N) is 1. The molecule has 0 bridgehead atoms. The lowest BCUT2D eigenvalue weighted by atomic mass is 10.0. The first-order chi connectivity index (χ1) is 18.2. The molecule has 0 fully saturated rings. The number of hydrogen-bond donors (Lipinski definition) is 1. The van der Waals surface area contributed by atoms with Crippen molar-refractivity contribution in [2.75, 3.05) is 20.8 Å². The van der Waals surface area contributed by atoms with Crippen molar-refractivity contribution in [2.24, 2.45) is 0 Å². The molecule has 3 aromatic rings. The van der Waals surface area contributed by atoms with Crippen molar-refractivity contribution in [3.8, 4) is 17.2 Å². The zero-order valence-electron chi connectivity index (χ0n) is 21.9. The Labute approximate surface area is 233 Å². The SMILES string of the molecule is COc1cc(OC)cc(OCC(=O)N(Cc2c(Cl)cccc2Cl)C(Cc2ccccc2)C(=O)NC(C)C)c1. The smallest absolute Gasteiger partial charge is 0.261 e. The standard InChI is InChI=1S/C29H32Cl2N2O5/c1-19(2)32-29(35)27(13-20-9-6-5-7-10-20)33(17-24-25(30)11-8-12-26(24)31)28(34)18-38-23-15-21(36-3)14-22(16-23)37-4/h5-12,14-16,19,27H,13,17-18H2,1-4H3,(H,32,35). The molecule has 0 radical (unpaired) electrons. The molecule has 0 aliphatic heterocycles. The summed E-state index contributed by atoms with van der Waals surface area (Å²) in [6, 6.07) is 18.7. The van der Waals surface area contributed by atoms with E-state index >= 15 is 0 Å². The highest BCUT2D eigenvalue weighted by Gasteiger charge is 2.32. The van der Waals surface area contributed by atoms with E-state index in [2.05, 4.69) is 5.32 Å². The molecular weight excluding hydrogens is 527 g/mol. The number of nitrogens with zero attached hydrogens (tertiary/aromatic N) is 1. The minimum Gasteiger partial charge on any atom is -0.496 e. The van der Waals surface area contributed by atoms with E-state index in [-0.39, 0.29) is 25.1 Å². The summed E-state index contributed by atoms with van der Waals surface area (Å²) in [6.45, 7) is 3.42. The van der Waals surface area contributed by atoms with E-state index in [0.717, 1.165) is 5.56 Å². The quantitative estimate of drug-likeness (QED) is 0.315. The Morgan fingerprint density at radius 2 is 1.45 bits per heavy atom. The normalized spacial score (nSPS) is 11.6. The molecule has 1 unspecified atom stereocenters. The van der Waals surface area contributed by atoms with Gasteiger partial charge in [-0.25, -0.2) is 0 Å². The summed E-state index contributed by atoms with van der Waals surface area (Å²) in [5, 5.41) is 3.74. The zero-order valence-corrected chi connectivity index (χ0v) is 23.4. The van der Waals surface area contributed by atoms with Crippen LogP contribution in [0.25, 0.3) is 0 Å². The molecule has 1 N–H and O–H groups in total. The van der Waals surface area contributed by atoms with Crippen molar-refractivity contribution in [3.05, 3.63) is 87.9 Å². The Morgan fingerprint density at radius 3 is 2.00 bits per heavy atom. The fourth-order valence-electron chi connectivity index (χ4n) is 3.88. The van der Waals surface area contributed by atoms with Gasteiger partial charge in [-0.15, -0.1) is 0 Å². The maximum atomic E-state index is 13.7. The Kier molecular flexibility index (Phi) is 10.7. The van der Waals surface area contributed by atoms with Crippen molar-refractivity contribution >= 4 is 35.0 Å². The van der Waals surface area contributed by atoms with E-state index < -0.39 is 11.9 Å². The number of carbonyl (C=O) groups excluding carboxylic acids is 2. The van der Waals surface area contributed by atoms with E-state index in [9.17, 15) is 9.59 Å². The molecule has 0 aliphatic rings. The van der Waals surface area contributed by atoms with Crippen LogP contribution in [-0.2, 0) is 22.6 Å². The van der Waals surface area contributed by atoms with E-state index in [1.165, 1.54) is 19.1 Å². The van der Waals surface area contributed by atoms with Gasteiger partial charge >= 0.3 is 0 Å². The molecule has 7 nitrogen and oxygen atoms in total. The van der Waals surface area contributed by atoms with Gasteiger partial charge in [-0.2, -0.15) is 0 Å². The number of methoxy groups -OCH3 is 2. The number of carbonyl (C=O) groups is 2. The van der Waals surface area contributed by atoms with Gasteiger partial charge in [0.2, 0.25) is 5.91 Å². The van der Waals surface area contributed by atoms with E-state index in [4.69, 9.17) is 37.4 Å². The van der Waals surface area contributed by atoms with Crippen LogP contribution >= 0.6 is 23.2 Å². The average molecular weight is 559 g/mol. The molecule has 2 amide bonds. The molecule has 38 heavy (non-hydrogen) atoms. The number of rotatable bonds is 12. The van der Waals surface area contributed by atoms with Crippen LogP contribution in [-0.4, -0.2) is 49.6 Å². The monoisotopic (exact) mass is 558 g/mol. The second-order valence-corrected chi connectivity index (χ2v) is 9.74. The molecule has 0 spiro atoms. The lowest BCUT2D eigenvalue weighted by Crippen LogP contribution is -2.52. The highest BCUT2D eigenvalue weighted by atomic mass is 35.5. The van der Waals surface area contributed by atoms with Gasteiger partial charge in [0.25, 0.3) is 5.91 Å². The van der Waals surface area contributed by atoms with Crippen LogP contribution in [0.3, 0.4) is 0 Å². The van der Waals surface area contributed by atoms with Crippen LogP contribution in [0.5, 0.6) is 17.2 Å². The summed E-state index contributed by atoms with van der Waals surface area (Å²) in [4.78, 5) is 28.7. The minimum atomic E-state index is -0.844. The minimum absolute atomic E-state index is 0.0190. The second kappa shape index (κ2) is 13.9. The van der Waals surface area contributed by atoms with Crippen molar-refractivity contribution in [3.63, 3.8) is 0 Å². The van der Waals surface area contributed by atoms with Crippen LogP contribution < -0.4 is 19.5 Å². The summed E-state index contributed by atoms with van der Waals surface area (Å²) in [7, 11) is 3.06. The fourth-order valence-corrected chi connectivity index (χ4v) is 4.40. The first-order valence-electron chi connectivity index (χ1n) is 12.1. The Balaban J connectivity index is 1.97. The molecular formula is C29H32Cl2N2O5. The van der Waals surface area contributed by atoms with Crippen LogP contribution in [0.4, 0.5) is 0 Å². The van der Waals surface area contributed by atoms with E-state index in [1.54, 1.807) is 36.4 Å². The van der Waals surface area contributed by atoms with Gasteiger partial charge in [0.15, 0.2) is 6.61 Å². The molecule has 0 saturated heterocycles. The third-order valence-corrected chi connectivity index (χ3v) is 6.49. The third kappa shape index (κ3) is 8.04. The predicted octanol–water partition coefficient (Wildman–Crippen LogP) is 5.55. The molecule has 0 heterocycles. The van der Waals surface area contributed by atoms with Gasteiger partial charge in [-0.05, 0) is 31.5 Å². The van der Waals surface area contributed by atoms with Gasteiger partial charge < -0.3 is 24.4 Å². The van der Waals surface area contributed by atoms with E-state index in [0.29, 0.717) is 39.3 Å². The highest BCUT2D eigenvalue weighted by molar-refractivity contribution is 6.36. The van der Waals surface area contributed by atoms with Gasteiger partial charge in [0.05, 0.1) is 14.2 Å². The average Bonchev–Trinajstić information content (AvgIpc) is 2.90. The van der Waals surface area contributed by atoms with Gasteiger partial charge in [0, 0.05) is 52.8 Å². The highest BCUT2D eigenvalue weighted by Crippen LogP contribution is 2.29. The summed E-state index contributed by atoms with van der Waals surface area (Å²) >= 11 is 12.9. The second-order valence-electron chi connectivity index (χ2n) is 8.93. The number of amides is 2. The fraction of sp³-hybridized carbons (Fsp3) is 0.310. The topological polar surface area (TPSA) is 77.1 Å². The van der Waals surface area contributed by atoms with Gasteiger partial charge in [-0.3, -0.25) is 9.59 Å². The van der Waals surface area contributed by atoms with Crippen LogP contribution in [0.1, 0.15) is 25.0 Å². The first kappa shape index (κ1) is 29.1. The number of ether oxygens (including phenoxy) is 3. The third-order valence-electron chi connectivity index (χ3n) is 5.78. The molecule has 0 aromatic heterocycles. The molecule has 0 saturated carbocycles. The predicted molar refractivity (Wildman–Crippen MR) is 149 cm³/mol. The molecule has 3 aromatic carbocycles. The Hall–Kier alpha value is -3.42. The Morgan fingerprint density at radius 1 is 0.868 bits per heavy atom. The molecule has 3 rings (SSSR count). The van der Waals surface area contributed by atoms with Gasteiger partial charge in [0.1, 0.15) is 23.3 Å². The van der Waals surface area contributed by atoms with Gasteiger partial charge in [-0.1, -0.05) is 59.6 Å². The number of benzene rings is 3. The lowest BCUT2D eigenvalue weighted by molar-refractivity contribution is -0.143. The van der Waals surface area contributed by atoms with Crippen LogP contribution in [0.15, 0.2) is 66.7 Å². The summed E-state index contributed by atoms with van der Waals surface area (Å²) in [5.74, 6) is 0.720. The van der Waals surface area contributed by atoms with Crippen molar-refractivity contribution in [2.45, 2.75) is 38.9 Å². The van der Waals surface area contributed by atoms with Crippen LogP contribution in [0.2, 0.25) is 10.0 Å². The molecule has 1 atom stereocenters. The zero-order chi connectivity index (χ0) is 27.7. The van der Waals surface area contributed by atoms with Crippen molar-refractivity contribution < 1.29 is 23.8 Å². The largest absolute Gasteiger partial charge is 0.496 e. The summed E-state index contributed by atoms with van der Waals surface area (Å²) in [6.07, 6.45) is 0.292. The summed E-state index contributed by atoms with van der Waals surface area (Å²) < 4.78 is 16.4. The Bertz CT molecular complexity index is 1190. The molecule has 0 aliphatic carbocycles. The van der Waals surface area contributed by atoms with Crippen LogP contribution in [0, 0.1) is 0 Å². The first-order valence-corrected chi connectivity index (χ1v) is 12.9. The number of hydrogen-bond acceptors (Lipinski definition) is 5. The lowest BCUT2D eigenvalue weighted by Gasteiger charge is -2.32. The summed E-state index contributed by atoms with van der Waals surface area (Å²) in [5.41, 5.74) is 1.44. The van der Waals surface area contributed by atoms with Crippen molar-refractivity contribution in [1.82, 2.24) is 10.2 Å². The molecule has 9 heteroatoms.